The van der Waals surface area contributed by atoms with Gasteiger partial charge in [-0.3, -0.25) is 0 Å². The van der Waals surface area contributed by atoms with E-state index < -0.39 is 0 Å². The number of nitrogens with one attached hydrogen (secondary N) is 1. The fraction of sp³-hybridized carbons (Fsp3) is 0.308. The highest BCUT2D eigenvalue weighted by molar-refractivity contribution is 9.10. The minimum absolute atomic E-state index is 0.0196. The van der Waals surface area contributed by atoms with Gasteiger partial charge in [0.1, 0.15) is 11.6 Å². The maximum Gasteiger partial charge on any atom is 0.211 e. The number of benzene rings is 1. The summed E-state index contributed by atoms with van der Waals surface area (Å²) in [4.78, 5) is 4.15. The van der Waals surface area contributed by atoms with Crippen molar-refractivity contribution in [2.45, 2.75) is 26.4 Å². The molecule has 18 heavy (non-hydrogen) atoms. The van der Waals surface area contributed by atoms with Gasteiger partial charge < -0.3 is 9.73 Å². The van der Waals surface area contributed by atoms with Gasteiger partial charge in [0.2, 0.25) is 5.89 Å². The second-order valence-electron chi connectivity index (χ2n) is 4.12. The fourth-order valence-electron chi connectivity index (χ4n) is 1.61. The Labute approximate surface area is 114 Å². The average Bonchev–Trinajstić information content (AvgIpc) is 2.77. The second kappa shape index (κ2) is 5.63. The van der Waals surface area contributed by atoms with Gasteiger partial charge in [-0.15, -0.1) is 0 Å². The van der Waals surface area contributed by atoms with Crippen LogP contribution in [0.15, 0.2) is 33.3 Å². The molecule has 0 aliphatic rings. The summed E-state index contributed by atoms with van der Waals surface area (Å²) in [5.41, 5.74) is 0.866. The van der Waals surface area contributed by atoms with E-state index in [-0.39, 0.29) is 11.9 Å². The molecule has 0 radical (unpaired) electrons. The Kier molecular flexibility index (Phi) is 4.14. The van der Waals surface area contributed by atoms with Crippen molar-refractivity contribution >= 4 is 15.9 Å². The molecular weight excluding hydrogens is 299 g/mol. The Morgan fingerprint density at radius 3 is 2.94 bits per heavy atom. The number of aryl methyl sites for hydroxylation is 1. The molecule has 0 fully saturated rings. The van der Waals surface area contributed by atoms with Crippen LogP contribution in [0.4, 0.5) is 4.39 Å². The van der Waals surface area contributed by atoms with Crippen molar-refractivity contribution in [3.63, 3.8) is 0 Å². The molecule has 0 bridgehead atoms. The summed E-state index contributed by atoms with van der Waals surface area (Å²) in [5.74, 6) is 1.17. The lowest BCUT2D eigenvalue weighted by molar-refractivity contribution is 0.402. The lowest BCUT2D eigenvalue weighted by atomic mass is 10.2. The molecule has 96 valence electrons. The van der Waals surface area contributed by atoms with Crippen LogP contribution in [0.5, 0.6) is 0 Å². The van der Waals surface area contributed by atoms with Crippen molar-refractivity contribution in [1.29, 1.82) is 0 Å². The summed E-state index contributed by atoms with van der Waals surface area (Å²) in [7, 11) is 0. The number of nitrogens with zero attached hydrogens (tertiary/aromatic N) is 1. The number of hydrogen-bond acceptors (Lipinski definition) is 3. The molecule has 3 nitrogen and oxygen atoms in total. The Balaban J connectivity index is 2.01. The zero-order chi connectivity index (χ0) is 13.1. The molecule has 0 spiro atoms. The molecule has 1 N–H and O–H groups in total. The number of rotatable bonds is 4. The first-order valence-electron chi connectivity index (χ1n) is 5.66. The molecule has 1 aromatic carbocycles. The summed E-state index contributed by atoms with van der Waals surface area (Å²) in [6, 6.07) is 4.97. The second-order valence-corrected chi connectivity index (χ2v) is 4.92. The molecule has 1 unspecified atom stereocenters. The zero-order valence-corrected chi connectivity index (χ0v) is 11.8. The summed E-state index contributed by atoms with van der Waals surface area (Å²) in [5, 5.41) is 3.24. The average molecular weight is 313 g/mol. The topological polar surface area (TPSA) is 38.1 Å². The van der Waals surface area contributed by atoms with Crippen LogP contribution in [-0.2, 0) is 6.54 Å². The number of halogens is 2. The van der Waals surface area contributed by atoms with Crippen molar-refractivity contribution in [2.75, 3.05) is 0 Å². The third kappa shape index (κ3) is 2.97. The molecule has 2 rings (SSSR count). The maximum absolute atomic E-state index is 13.3. The predicted octanol–water partition coefficient (Wildman–Crippen LogP) is 3.74. The van der Waals surface area contributed by atoms with Gasteiger partial charge in [-0.05, 0) is 41.4 Å². The molecule has 2 aromatic rings. The van der Waals surface area contributed by atoms with Gasteiger partial charge in [0.25, 0.3) is 0 Å². The molecule has 5 heteroatoms. The summed E-state index contributed by atoms with van der Waals surface area (Å²) in [6.45, 7) is 4.35. The summed E-state index contributed by atoms with van der Waals surface area (Å²) >= 11 is 3.24. The standard InChI is InChI=1S/C13H14BrFN2O/c1-8-6-17-13(18-8)9(2)16-7-10-4-3-5-11(15)12(10)14/h3-6,9,16H,7H2,1-2H3. The van der Waals surface area contributed by atoms with Crippen LogP contribution in [0.2, 0.25) is 0 Å². The molecule has 0 saturated carbocycles. The van der Waals surface area contributed by atoms with Gasteiger partial charge >= 0.3 is 0 Å². The van der Waals surface area contributed by atoms with Gasteiger partial charge in [-0.1, -0.05) is 12.1 Å². The first-order chi connectivity index (χ1) is 8.58. The number of oxazole rings is 1. The predicted molar refractivity (Wildman–Crippen MR) is 70.6 cm³/mol. The van der Waals surface area contributed by atoms with Crippen molar-refractivity contribution in [3.8, 4) is 0 Å². The zero-order valence-electron chi connectivity index (χ0n) is 10.2. The van der Waals surface area contributed by atoms with Crippen LogP contribution in [0.3, 0.4) is 0 Å². The third-order valence-electron chi connectivity index (χ3n) is 2.64. The molecule has 0 aliphatic heterocycles. The van der Waals surface area contributed by atoms with Gasteiger partial charge in [-0.25, -0.2) is 9.37 Å². The first-order valence-corrected chi connectivity index (χ1v) is 6.46. The molecule has 1 atom stereocenters. The van der Waals surface area contributed by atoms with Crippen LogP contribution in [0, 0.1) is 12.7 Å². The summed E-state index contributed by atoms with van der Waals surface area (Å²) < 4.78 is 19.2. The monoisotopic (exact) mass is 312 g/mol. The van der Waals surface area contributed by atoms with Crippen LogP contribution < -0.4 is 5.32 Å². The van der Waals surface area contributed by atoms with E-state index in [0.29, 0.717) is 16.9 Å². The van der Waals surface area contributed by atoms with E-state index in [4.69, 9.17) is 4.42 Å². The molecule has 0 saturated heterocycles. The van der Waals surface area contributed by atoms with E-state index in [9.17, 15) is 4.39 Å². The van der Waals surface area contributed by atoms with Gasteiger partial charge in [0, 0.05) is 6.54 Å². The van der Waals surface area contributed by atoms with E-state index in [1.165, 1.54) is 6.07 Å². The highest BCUT2D eigenvalue weighted by Gasteiger charge is 2.12. The van der Waals surface area contributed by atoms with Gasteiger partial charge in [-0.2, -0.15) is 0 Å². The molecule has 1 aromatic heterocycles. The van der Waals surface area contributed by atoms with Crippen molar-refractivity contribution in [1.82, 2.24) is 10.3 Å². The maximum atomic E-state index is 13.3. The van der Waals surface area contributed by atoms with E-state index in [2.05, 4.69) is 26.2 Å². The van der Waals surface area contributed by atoms with Crippen LogP contribution in [0.25, 0.3) is 0 Å². The van der Waals surface area contributed by atoms with Crippen LogP contribution in [0.1, 0.15) is 30.2 Å². The molecule has 0 amide bonds. The van der Waals surface area contributed by atoms with Crippen molar-refractivity contribution in [3.05, 3.63) is 51.9 Å². The van der Waals surface area contributed by atoms with Crippen molar-refractivity contribution < 1.29 is 8.81 Å². The Morgan fingerprint density at radius 2 is 2.28 bits per heavy atom. The third-order valence-corrected chi connectivity index (χ3v) is 3.53. The van der Waals surface area contributed by atoms with Crippen LogP contribution in [-0.4, -0.2) is 4.98 Å². The molecular formula is C13H14BrFN2O. The fourth-order valence-corrected chi connectivity index (χ4v) is 2.01. The quantitative estimate of drug-likeness (QED) is 0.934. The normalized spacial score (nSPS) is 12.7. The minimum atomic E-state index is -0.256. The molecule has 0 aliphatic carbocycles. The Hall–Kier alpha value is -1.20. The highest BCUT2D eigenvalue weighted by Crippen LogP contribution is 2.21. The van der Waals surface area contributed by atoms with Crippen molar-refractivity contribution in [2.24, 2.45) is 0 Å². The SMILES string of the molecule is Cc1cnc(C(C)NCc2cccc(F)c2Br)o1. The largest absolute Gasteiger partial charge is 0.444 e. The lowest BCUT2D eigenvalue weighted by Crippen LogP contribution is -2.18. The van der Waals surface area contributed by atoms with E-state index in [0.717, 1.165) is 11.3 Å². The van der Waals surface area contributed by atoms with Gasteiger partial charge in [0.15, 0.2) is 0 Å². The summed E-state index contributed by atoms with van der Waals surface area (Å²) in [6.07, 6.45) is 1.69. The lowest BCUT2D eigenvalue weighted by Gasteiger charge is -2.11. The highest BCUT2D eigenvalue weighted by atomic mass is 79.9. The first kappa shape index (κ1) is 13.2. The van der Waals surface area contributed by atoms with Gasteiger partial charge in [0.05, 0.1) is 16.7 Å². The van der Waals surface area contributed by atoms with E-state index in [1.54, 1.807) is 12.3 Å². The number of hydrogen-bond donors (Lipinski definition) is 1. The Morgan fingerprint density at radius 1 is 1.50 bits per heavy atom. The van der Waals surface area contributed by atoms with Crippen LogP contribution >= 0.6 is 15.9 Å². The smallest absolute Gasteiger partial charge is 0.211 e. The minimum Gasteiger partial charge on any atom is -0.444 e. The van der Waals surface area contributed by atoms with E-state index >= 15 is 0 Å². The number of aromatic nitrogens is 1. The molecule has 1 heterocycles. The van der Waals surface area contributed by atoms with E-state index in [1.807, 2.05) is 19.9 Å². The Bertz CT molecular complexity index is 542.